The van der Waals surface area contributed by atoms with Crippen LogP contribution in [0.2, 0.25) is 6.04 Å². The van der Waals surface area contributed by atoms with E-state index in [4.69, 9.17) is 13.3 Å². The monoisotopic (exact) mass is 432 g/mol. The first-order chi connectivity index (χ1) is 9.60. The summed E-state index contributed by atoms with van der Waals surface area (Å²) < 4.78 is 18.6. The van der Waals surface area contributed by atoms with Crippen molar-refractivity contribution < 1.29 is 13.3 Å². The van der Waals surface area contributed by atoms with E-state index in [9.17, 15) is 0 Å². The Morgan fingerprint density at radius 3 is 1.60 bits per heavy atom. The molecule has 122 valence electrons. The number of rotatable bonds is 14. The van der Waals surface area contributed by atoms with E-state index in [1.165, 1.54) is 0 Å². The van der Waals surface area contributed by atoms with Crippen molar-refractivity contribution in [1.29, 1.82) is 0 Å². The minimum atomic E-state index is -2.46. The molecule has 0 aromatic carbocycles. The smallest absolute Gasteiger partial charge is 0.373 e. The molecule has 0 radical (unpaired) electrons. The molecule has 20 heavy (non-hydrogen) atoms. The summed E-state index contributed by atoms with van der Waals surface area (Å²) in [6.45, 7) is 8.58. The highest BCUT2D eigenvalue weighted by atomic mass is 79.9. The number of alkyl halides is 2. The third-order valence-corrected chi connectivity index (χ3v) is 6.55. The van der Waals surface area contributed by atoms with E-state index in [1.54, 1.807) is 0 Å². The average Bonchev–Trinajstić information content (AvgIpc) is 2.44. The Hall–Kier alpha value is 1.06. The van der Waals surface area contributed by atoms with Gasteiger partial charge in [-0.05, 0) is 32.1 Å². The van der Waals surface area contributed by atoms with Gasteiger partial charge in [-0.1, -0.05) is 59.1 Å². The topological polar surface area (TPSA) is 27.7 Å². The van der Waals surface area contributed by atoms with Crippen LogP contribution in [-0.4, -0.2) is 32.4 Å². The van der Waals surface area contributed by atoms with E-state index in [-0.39, 0.29) is 0 Å². The molecule has 0 N–H and O–H groups in total. The second kappa shape index (κ2) is 13.7. The molecule has 0 aliphatic heterocycles. The van der Waals surface area contributed by atoms with Crippen LogP contribution >= 0.6 is 31.9 Å². The molecule has 0 aromatic rings. The van der Waals surface area contributed by atoms with E-state index in [0.717, 1.165) is 64.4 Å². The summed E-state index contributed by atoms with van der Waals surface area (Å²) in [5, 5.41) is 0. The molecule has 0 amide bonds. The molecule has 3 nitrogen and oxygen atoms in total. The molecule has 0 bridgehead atoms. The third kappa shape index (κ3) is 10.7. The van der Waals surface area contributed by atoms with Gasteiger partial charge in [0.2, 0.25) is 0 Å². The highest BCUT2D eigenvalue weighted by Crippen LogP contribution is 2.23. The molecule has 6 heteroatoms. The third-order valence-electron chi connectivity index (χ3n) is 2.73. The number of unbranched alkanes of at least 4 members (excludes halogenated alkanes) is 1. The average molecular weight is 434 g/mol. The fourth-order valence-electron chi connectivity index (χ4n) is 1.75. The van der Waals surface area contributed by atoms with Crippen LogP contribution < -0.4 is 0 Å². The van der Waals surface area contributed by atoms with E-state index in [0.29, 0.717) is 3.74 Å². The number of halogens is 2. The zero-order valence-electron chi connectivity index (χ0n) is 13.1. The zero-order valence-corrected chi connectivity index (χ0v) is 17.3. The molecule has 0 spiro atoms. The van der Waals surface area contributed by atoms with Crippen LogP contribution in [0.1, 0.15) is 59.3 Å². The normalized spacial score (nSPS) is 12.3. The van der Waals surface area contributed by atoms with E-state index in [1.807, 2.05) is 0 Å². The minimum absolute atomic E-state index is 0.399. The molecule has 0 saturated carbocycles. The van der Waals surface area contributed by atoms with Gasteiger partial charge in [-0.3, -0.25) is 0 Å². The second-order valence-corrected chi connectivity index (χ2v) is 11.0. The molecule has 0 aliphatic carbocycles. The Morgan fingerprint density at radius 1 is 0.800 bits per heavy atom. The Bertz CT molecular complexity index is 197. The summed E-state index contributed by atoms with van der Waals surface area (Å²) in [4.78, 5) is 0. The van der Waals surface area contributed by atoms with Crippen molar-refractivity contribution >= 4 is 40.7 Å². The van der Waals surface area contributed by atoms with E-state index >= 15 is 0 Å². The second-order valence-electron chi connectivity index (χ2n) is 4.87. The standard InChI is InChI=1S/C14H30Br2O3Si/c1-4-10-17-20(18-11-5-2,19-12-6-3)13-8-7-9-14(15)16/h14H,4-13H2,1-3H3. The first kappa shape index (κ1) is 21.1. The molecular formula is C14H30Br2O3Si. The first-order valence-corrected chi connectivity index (χ1v) is 11.6. The molecule has 0 atom stereocenters. The predicted molar refractivity (Wildman–Crippen MR) is 94.8 cm³/mol. The Kier molecular flexibility index (Phi) is 14.4. The van der Waals surface area contributed by atoms with Crippen LogP contribution in [-0.2, 0) is 13.3 Å². The SMILES string of the molecule is CCCO[Si](CCCCC(Br)Br)(OCCC)OCCC. The largest absolute Gasteiger partial charge is 0.500 e. The summed E-state index contributed by atoms with van der Waals surface area (Å²) in [6, 6.07) is 0.930. The summed E-state index contributed by atoms with van der Waals surface area (Å²) >= 11 is 7.03. The van der Waals surface area contributed by atoms with Crippen molar-refractivity contribution in [2.24, 2.45) is 0 Å². The van der Waals surface area contributed by atoms with Gasteiger partial charge in [-0.15, -0.1) is 0 Å². The molecular weight excluding hydrogens is 404 g/mol. The van der Waals surface area contributed by atoms with Crippen molar-refractivity contribution in [3.8, 4) is 0 Å². The number of hydrogen-bond acceptors (Lipinski definition) is 3. The quantitative estimate of drug-likeness (QED) is 0.206. The Labute approximate surface area is 142 Å². The lowest BCUT2D eigenvalue weighted by atomic mass is 10.3. The van der Waals surface area contributed by atoms with Crippen LogP contribution in [0.4, 0.5) is 0 Å². The van der Waals surface area contributed by atoms with Crippen LogP contribution in [0.3, 0.4) is 0 Å². The van der Waals surface area contributed by atoms with Crippen LogP contribution in [0.25, 0.3) is 0 Å². The maximum absolute atomic E-state index is 6.06. The van der Waals surface area contributed by atoms with Crippen molar-refractivity contribution in [3.05, 3.63) is 0 Å². The molecule has 0 aliphatic rings. The minimum Gasteiger partial charge on any atom is -0.373 e. The highest BCUT2D eigenvalue weighted by Gasteiger charge is 2.40. The van der Waals surface area contributed by atoms with Crippen LogP contribution in [0, 0.1) is 0 Å². The van der Waals surface area contributed by atoms with Gasteiger partial charge in [-0.2, -0.15) is 0 Å². The Morgan fingerprint density at radius 2 is 1.25 bits per heavy atom. The highest BCUT2D eigenvalue weighted by molar-refractivity contribution is 9.24. The summed E-state index contributed by atoms with van der Waals surface area (Å²) in [7, 11) is -2.46. The van der Waals surface area contributed by atoms with Gasteiger partial charge < -0.3 is 13.3 Å². The maximum Gasteiger partial charge on any atom is 0.500 e. The molecule has 0 aromatic heterocycles. The van der Waals surface area contributed by atoms with Gasteiger partial charge in [0.25, 0.3) is 0 Å². The predicted octanol–water partition coefficient (Wildman–Crippen LogP) is 5.49. The van der Waals surface area contributed by atoms with Crippen LogP contribution in [0.5, 0.6) is 0 Å². The number of hydrogen-bond donors (Lipinski definition) is 0. The van der Waals surface area contributed by atoms with Gasteiger partial charge in [-0.25, -0.2) is 0 Å². The molecule has 0 saturated heterocycles. The molecule has 0 fully saturated rings. The molecule has 0 unspecified atom stereocenters. The lowest BCUT2D eigenvalue weighted by molar-refractivity contribution is 0.0586. The molecule has 0 heterocycles. The first-order valence-electron chi connectivity index (χ1n) is 7.80. The van der Waals surface area contributed by atoms with Gasteiger partial charge >= 0.3 is 8.80 Å². The summed E-state index contributed by atoms with van der Waals surface area (Å²) in [6.07, 6.45) is 6.37. The van der Waals surface area contributed by atoms with Crippen molar-refractivity contribution in [3.63, 3.8) is 0 Å². The lowest BCUT2D eigenvalue weighted by Crippen LogP contribution is -2.46. The van der Waals surface area contributed by atoms with Crippen molar-refractivity contribution in [2.75, 3.05) is 19.8 Å². The fourth-order valence-corrected chi connectivity index (χ4v) is 5.31. The van der Waals surface area contributed by atoms with Gasteiger partial charge in [0.15, 0.2) is 0 Å². The Balaban J connectivity index is 4.41. The lowest BCUT2D eigenvalue weighted by Gasteiger charge is -2.29. The van der Waals surface area contributed by atoms with Crippen molar-refractivity contribution in [2.45, 2.75) is 69.1 Å². The van der Waals surface area contributed by atoms with Crippen molar-refractivity contribution in [1.82, 2.24) is 0 Å². The fraction of sp³-hybridized carbons (Fsp3) is 1.00. The van der Waals surface area contributed by atoms with E-state index < -0.39 is 8.80 Å². The van der Waals surface area contributed by atoms with Gasteiger partial charge in [0, 0.05) is 25.9 Å². The van der Waals surface area contributed by atoms with Crippen LogP contribution in [0.15, 0.2) is 0 Å². The van der Waals surface area contributed by atoms with E-state index in [2.05, 4.69) is 52.6 Å². The summed E-state index contributed by atoms with van der Waals surface area (Å²) in [5.41, 5.74) is 0. The molecule has 0 rings (SSSR count). The summed E-state index contributed by atoms with van der Waals surface area (Å²) in [5.74, 6) is 0. The van der Waals surface area contributed by atoms with Gasteiger partial charge in [0.05, 0.1) is 3.74 Å². The van der Waals surface area contributed by atoms with Gasteiger partial charge in [0.1, 0.15) is 0 Å². The maximum atomic E-state index is 6.06. The zero-order chi connectivity index (χ0) is 15.3.